The Hall–Kier alpha value is -0.440. The number of imidazole rings is 1. The van der Waals surface area contributed by atoms with Crippen LogP contribution >= 0.6 is 11.8 Å². The van der Waals surface area contributed by atoms with Gasteiger partial charge in [0.25, 0.3) is 0 Å². The van der Waals surface area contributed by atoms with Gasteiger partial charge in [-0.25, -0.2) is 9.13 Å². The van der Waals surface area contributed by atoms with Crippen LogP contribution in [0.3, 0.4) is 0 Å². The van der Waals surface area contributed by atoms with E-state index in [1.807, 2.05) is 11.8 Å². The van der Waals surface area contributed by atoms with Crippen LogP contribution in [0.5, 0.6) is 0 Å². The lowest BCUT2D eigenvalue weighted by Gasteiger charge is -1.98. The van der Waals surface area contributed by atoms with Crippen LogP contribution in [0.2, 0.25) is 0 Å². The Morgan fingerprint density at radius 3 is 2.73 bits per heavy atom. The number of thioether (sulfide) groups is 1. The van der Waals surface area contributed by atoms with E-state index in [1.54, 1.807) is 0 Å². The predicted molar refractivity (Wildman–Crippen MR) is 66.9 cm³/mol. The highest BCUT2D eigenvalue weighted by Crippen LogP contribution is 2.07. The monoisotopic (exact) mass is 227 g/mol. The van der Waals surface area contributed by atoms with E-state index in [4.69, 9.17) is 0 Å². The normalized spacial score (nSPS) is 10.8. The third-order valence-electron chi connectivity index (χ3n) is 2.49. The molecule has 0 spiro atoms. The van der Waals surface area contributed by atoms with Crippen LogP contribution < -0.4 is 4.57 Å². The van der Waals surface area contributed by atoms with E-state index >= 15 is 0 Å². The van der Waals surface area contributed by atoms with Crippen LogP contribution in [-0.4, -0.2) is 10.3 Å². The molecule has 1 rings (SSSR count). The summed E-state index contributed by atoms with van der Waals surface area (Å²) in [4.78, 5) is 0. The van der Waals surface area contributed by atoms with Gasteiger partial charge in [-0.1, -0.05) is 26.2 Å². The van der Waals surface area contributed by atoms with Crippen molar-refractivity contribution in [3.8, 4) is 0 Å². The zero-order chi connectivity index (χ0) is 10.9. The summed E-state index contributed by atoms with van der Waals surface area (Å²) in [5, 5.41) is 0. The quantitative estimate of drug-likeness (QED) is 0.490. The zero-order valence-corrected chi connectivity index (χ0v) is 10.8. The molecule has 0 unspecified atom stereocenters. The molecule has 1 aromatic heterocycles. The largest absolute Gasteiger partial charge is 0.244 e. The maximum absolute atomic E-state index is 2.26. The molecular formula is C12H23N2S+. The van der Waals surface area contributed by atoms with Crippen molar-refractivity contribution in [2.45, 2.75) is 52.0 Å². The fourth-order valence-corrected chi connectivity index (χ4v) is 2.40. The number of rotatable bonds is 8. The minimum Gasteiger partial charge on any atom is -0.237 e. The Balaban J connectivity index is 2.04. The van der Waals surface area contributed by atoms with E-state index in [-0.39, 0.29) is 0 Å². The molecule has 0 atom stereocenters. The van der Waals surface area contributed by atoms with Gasteiger partial charge in [-0.05, 0) is 19.1 Å². The zero-order valence-electron chi connectivity index (χ0n) is 9.98. The van der Waals surface area contributed by atoms with Crippen LogP contribution in [0.1, 0.15) is 39.5 Å². The Kier molecular flexibility index (Phi) is 6.57. The molecule has 1 aromatic rings. The Morgan fingerprint density at radius 2 is 2.07 bits per heavy atom. The lowest BCUT2D eigenvalue weighted by atomic mass is 10.2. The molecule has 2 nitrogen and oxygen atoms in total. The van der Waals surface area contributed by atoms with Gasteiger partial charge in [-0.3, -0.25) is 0 Å². The Morgan fingerprint density at radius 1 is 1.20 bits per heavy atom. The van der Waals surface area contributed by atoms with Gasteiger partial charge >= 0.3 is 0 Å². The van der Waals surface area contributed by atoms with Gasteiger partial charge in [0, 0.05) is 0 Å². The van der Waals surface area contributed by atoms with Gasteiger partial charge in [0.15, 0.2) is 0 Å². The molecule has 0 aromatic carbocycles. The van der Waals surface area contributed by atoms with E-state index in [9.17, 15) is 0 Å². The van der Waals surface area contributed by atoms with E-state index in [1.165, 1.54) is 31.4 Å². The summed E-state index contributed by atoms with van der Waals surface area (Å²) in [6.45, 7) is 5.49. The van der Waals surface area contributed by atoms with Crippen molar-refractivity contribution < 1.29 is 4.57 Å². The Bertz CT molecular complexity index is 258. The number of nitrogens with zero attached hydrogens (tertiary/aromatic N) is 2. The molecule has 15 heavy (non-hydrogen) atoms. The van der Waals surface area contributed by atoms with Crippen LogP contribution in [0, 0.1) is 0 Å². The lowest BCUT2D eigenvalue weighted by Crippen LogP contribution is -2.29. The average Bonchev–Trinajstić information content (AvgIpc) is 2.71. The molecule has 0 radical (unpaired) electrons. The number of aromatic nitrogens is 2. The standard InChI is InChI=1S/C12H23N2S/c1-3-5-6-7-10-15-12-14-9-8-13(4-2)11-14/h8-9,11H,3-7,10,12H2,1-2H3/q+1. The molecule has 3 heteroatoms. The minimum absolute atomic E-state index is 1.06. The molecule has 0 saturated carbocycles. The molecule has 0 N–H and O–H groups in total. The maximum Gasteiger partial charge on any atom is 0.244 e. The van der Waals surface area contributed by atoms with E-state index in [2.05, 4.69) is 41.7 Å². The van der Waals surface area contributed by atoms with Gasteiger partial charge in [-0.2, -0.15) is 0 Å². The SMILES string of the molecule is CCCCCCSC[n+]1ccn(CC)c1. The van der Waals surface area contributed by atoms with Gasteiger partial charge < -0.3 is 0 Å². The molecule has 0 aliphatic carbocycles. The van der Waals surface area contributed by atoms with Crippen molar-refractivity contribution in [1.82, 2.24) is 4.57 Å². The van der Waals surface area contributed by atoms with E-state index in [0.717, 1.165) is 12.4 Å². The van der Waals surface area contributed by atoms with Crippen LogP contribution in [0.4, 0.5) is 0 Å². The average molecular weight is 227 g/mol. The summed E-state index contributed by atoms with van der Waals surface area (Å²) in [7, 11) is 0. The molecule has 0 bridgehead atoms. The van der Waals surface area contributed by atoms with Crippen molar-refractivity contribution in [3.63, 3.8) is 0 Å². The molecule has 0 amide bonds. The fraction of sp³-hybridized carbons (Fsp3) is 0.750. The first-order valence-corrected chi connectivity index (χ1v) is 7.14. The molecule has 0 aliphatic heterocycles. The van der Waals surface area contributed by atoms with Crippen LogP contribution in [0.25, 0.3) is 0 Å². The number of hydrogen-bond acceptors (Lipinski definition) is 1. The first kappa shape index (κ1) is 12.6. The summed E-state index contributed by atoms with van der Waals surface area (Å²) in [5.41, 5.74) is 0. The van der Waals surface area contributed by atoms with E-state index < -0.39 is 0 Å². The molecule has 0 fully saturated rings. The highest BCUT2D eigenvalue weighted by molar-refractivity contribution is 7.98. The van der Waals surface area contributed by atoms with Gasteiger partial charge in [0.2, 0.25) is 6.33 Å². The predicted octanol–water partition coefficient (Wildman–Crippen LogP) is 3.07. The first-order valence-electron chi connectivity index (χ1n) is 5.99. The molecule has 0 saturated heterocycles. The smallest absolute Gasteiger partial charge is 0.237 e. The van der Waals surface area contributed by atoms with Gasteiger partial charge in [0.05, 0.1) is 6.54 Å². The second kappa shape index (κ2) is 7.80. The van der Waals surface area contributed by atoms with Crippen molar-refractivity contribution in [2.75, 3.05) is 5.75 Å². The second-order valence-electron chi connectivity index (χ2n) is 3.86. The summed E-state index contributed by atoms with van der Waals surface area (Å²) >= 11 is 2.03. The van der Waals surface area contributed by atoms with Crippen molar-refractivity contribution in [3.05, 3.63) is 18.7 Å². The maximum atomic E-state index is 2.26. The molecule has 86 valence electrons. The highest BCUT2D eigenvalue weighted by Gasteiger charge is 2.00. The van der Waals surface area contributed by atoms with Crippen LogP contribution in [-0.2, 0) is 12.4 Å². The summed E-state index contributed by atoms with van der Waals surface area (Å²) < 4.78 is 4.46. The van der Waals surface area contributed by atoms with Gasteiger partial charge in [0.1, 0.15) is 18.3 Å². The topological polar surface area (TPSA) is 8.81 Å². The van der Waals surface area contributed by atoms with Crippen LogP contribution in [0.15, 0.2) is 18.7 Å². The minimum atomic E-state index is 1.06. The summed E-state index contributed by atoms with van der Waals surface area (Å²) in [6.07, 6.45) is 12.0. The molecule has 0 aliphatic rings. The second-order valence-corrected chi connectivity index (χ2v) is 4.93. The highest BCUT2D eigenvalue weighted by atomic mass is 32.2. The Labute approximate surface area is 97.7 Å². The molecule has 1 heterocycles. The lowest BCUT2D eigenvalue weighted by molar-refractivity contribution is -0.675. The summed E-state index contributed by atoms with van der Waals surface area (Å²) in [5.74, 6) is 2.39. The van der Waals surface area contributed by atoms with E-state index in [0.29, 0.717) is 0 Å². The third-order valence-corrected chi connectivity index (χ3v) is 3.55. The number of aryl methyl sites for hydroxylation is 1. The first-order chi connectivity index (χ1) is 7.36. The molecular weight excluding hydrogens is 204 g/mol. The van der Waals surface area contributed by atoms with Crippen molar-refractivity contribution in [1.29, 1.82) is 0 Å². The number of hydrogen-bond donors (Lipinski definition) is 0. The van der Waals surface area contributed by atoms with Gasteiger partial charge in [-0.15, -0.1) is 11.8 Å². The van der Waals surface area contributed by atoms with Crippen molar-refractivity contribution in [2.24, 2.45) is 0 Å². The number of unbranched alkanes of at least 4 members (excludes halogenated alkanes) is 3. The summed E-state index contributed by atoms with van der Waals surface area (Å²) in [6, 6.07) is 0. The fourth-order valence-electron chi connectivity index (χ4n) is 1.50. The van der Waals surface area contributed by atoms with Crippen molar-refractivity contribution >= 4 is 11.8 Å². The third kappa shape index (κ3) is 5.26.